The molecule has 4 rings (SSSR count). The summed E-state index contributed by atoms with van der Waals surface area (Å²) in [6.07, 6.45) is 20.7. The molecule has 4 aliphatic rings. The molecule has 1 N–H and O–H groups in total. The number of aliphatic hydroxyl groups excluding tert-OH is 1. The average Bonchev–Trinajstić information content (AvgIpc) is 3.06. The number of rotatable bonds is 5. The van der Waals surface area contributed by atoms with Crippen molar-refractivity contribution in [2.24, 2.45) is 46.3 Å². The zero-order chi connectivity index (χ0) is 20.8. The Bertz CT molecular complexity index is 674. The van der Waals surface area contributed by atoms with Crippen LogP contribution in [0.15, 0.2) is 36.5 Å². The van der Waals surface area contributed by atoms with Crippen molar-refractivity contribution in [3.8, 4) is 0 Å². The molecule has 0 aromatic carbocycles. The van der Waals surface area contributed by atoms with E-state index in [2.05, 4.69) is 58.6 Å². The second-order valence-electron chi connectivity index (χ2n) is 11.4. The fraction of sp³-hybridized carbons (Fsp3) is 0.786. The number of allylic oxidation sites excluding steroid dienone is 4. The van der Waals surface area contributed by atoms with Crippen molar-refractivity contribution in [2.75, 3.05) is 0 Å². The molecule has 1 nitrogen and oxygen atoms in total. The summed E-state index contributed by atoms with van der Waals surface area (Å²) < 4.78 is 0. The first-order valence-electron chi connectivity index (χ1n) is 12.5. The van der Waals surface area contributed by atoms with E-state index >= 15 is 0 Å². The Labute approximate surface area is 179 Å². The van der Waals surface area contributed by atoms with Gasteiger partial charge >= 0.3 is 0 Å². The van der Waals surface area contributed by atoms with Crippen LogP contribution in [-0.2, 0) is 0 Å². The molecular formula is C28H44O. The van der Waals surface area contributed by atoms with Crippen LogP contribution in [0, 0.1) is 46.3 Å². The smallest absolute Gasteiger partial charge is 0.0577 e. The zero-order valence-corrected chi connectivity index (χ0v) is 19.4. The lowest BCUT2D eigenvalue weighted by atomic mass is 9.47. The number of hydrogen-bond acceptors (Lipinski definition) is 1. The summed E-state index contributed by atoms with van der Waals surface area (Å²) in [6.45, 7) is 13.9. The highest BCUT2D eigenvalue weighted by atomic mass is 16.3. The SMILES string of the molecule is C=CC(/C=C/C(C)C1CCC2C3CC=C4CC(O)CCC4(C)C3CCC12C)CC. The molecule has 162 valence electrons. The van der Waals surface area contributed by atoms with Gasteiger partial charge < -0.3 is 5.11 Å². The van der Waals surface area contributed by atoms with Gasteiger partial charge in [0.05, 0.1) is 6.10 Å². The summed E-state index contributed by atoms with van der Waals surface area (Å²) in [5.74, 6) is 4.65. The van der Waals surface area contributed by atoms with E-state index in [1.165, 1.54) is 38.5 Å². The standard InChI is InChI=1S/C28H44O/c1-6-20(7-2)9-8-19(3)24-12-13-25-23-11-10-21-18-22(29)14-16-27(21,4)26(23)15-17-28(24,25)5/h6,8-10,19-20,22-26,29H,1,7,11-18H2,2-5H3/b9-8+. The fourth-order valence-electron chi connectivity index (χ4n) is 8.38. The van der Waals surface area contributed by atoms with Crippen molar-refractivity contribution < 1.29 is 5.11 Å². The Morgan fingerprint density at radius 2 is 1.93 bits per heavy atom. The number of fused-ring (bicyclic) bond motifs is 5. The van der Waals surface area contributed by atoms with Gasteiger partial charge in [-0.3, -0.25) is 0 Å². The Morgan fingerprint density at radius 3 is 2.66 bits per heavy atom. The summed E-state index contributed by atoms with van der Waals surface area (Å²) in [7, 11) is 0. The summed E-state index contributed by atoms with van der Waals surface area (Å²) in [5, 5.41) is 10.2. The molecule has 0 bridgehead atoms. The van der Waals surface area contributed by atoms with Crippen LogP contribution in [0.5, 0.6) is 0 Å². The fourth-order valence-corrected chi connectivity index (χ4v) is 8.38. The maximum Gasteiger partial charge on any atom is 0.0577 e. The van der Waals surface area contributed by atoms with Crippen LogP contribution in [0.25, 0.3) is 0 Å². The molecule has 0 aliphatic heterocycles. The third-order valence-electron chi connectivity index (χ3n) is 10.2. The van der Waals surface area contributed by atoms with Crippen LogP contribution in [0.3, 0.4) is 0 Å². The van der Waals surface area contributed by atoms with E-state index in [0.717, 1.165) is 42.9 Å². The molecule has 0 radical (unpaired) electrons. The van der Waals surface area contributed by atoms with Gasteiger partial charge in [0.1, 0.15) is 0 Å². The van der Waals surface area contributed by atoms with E-state index in [0.29, 0.717) is 22.7 Å². The molecule has 0 saturated heterocycles. The number of aliphatic hydroxyl groups is 1. The maximum absolute atomic E-state index is 10.2. The summed E-state index contributed by atoms with van der Waals surface area (Å²) in [5.41, 5.74) is 2.48. The van der Waals surface area contributed by atoms with Crippen molar-refractivity contribution in [1.82, 2.24) is 0 Å². The van der Waals surface area contributed by atoms with Crippen molar-refractivity contribution >= 4 is 0 Å². The highest BCUT2D eigenvalue weighted by Gasteiger charge is 2.58. The largest absolute Gasteiger partial charge is 0.393 e. The molecular weight excluding hydrogens is 352 g/mol. The van der Waals surface area contributed by atoms with E-state index in [4.69, 9.17) is 0 Å². The molecule has 0 amide bonds. The monoisotopic (exact) mass is 396 g/mol. The van der Waals surface area contributed by atoms with E-state index in [1.54, 1.807) is 5.57 Å². The molecule has 3 saturated carbocycles. The van der Waals surface area contributed by atoms with Crippen molar-refractivity contribution in [3.05, 3.63) is 36.5 Å². The first-order valence-corrected chi connectivity index (χ1v) is 12.5. The van der Waals surface area contributed by atoms with Crippen molar-refractivity contribution in [2.45, 2.75) is 91.6 Å². The topological polar surface area (TPSA) is 20.2 Å². The lowest BCUT2D eigenvalue weighted by Crippen LogP contribution is -2.50. The van der Waals surface area contributed by atoms with Gasteiger partial charge in [0.25, 0.3) is 0 Å². The second-order valence-corrected chi connectivity index (χ2v) is 11.4. The maximum atomic E-state index is 10.2. The van der Waals surface area contributed by atoms with Crippen molar-refractivity contribution in [1.29, 1.82) is 0 Å². The lowest BCUT2D eigenvalue weighted by molar-refractivity contribution is -0.0540. The Hall–Kier alpha value is -0.820. The van der Waals surface area contributed by atoms with Gasteiger partial charge in [-0.15, -0.1) is 6.58 Å². The summed E-state index contributed by atoms with van der Waals surface area (Å²) >= 11 is 0. The van der Waals surface area contributed by atoms with Gasteiger partial charge in [0, 0.05) is 0 Å². The van der Waals surface area contributed by atoms with Gasteiger partial charge in [-0.05, 0) is 104 Å². The van der Waals surface area contributed by atoms with E-state index in [1.807, 2.05) is 0 Å². The van der Waals surface area contributed by atoms with Gasteiger partial charge in [0.15, 0.2) is 0 Å². The molecule has 4 aliphatic carbocycles. The van der Waals surface area contributed by atoms with Crippen LogP contribution in [0.1, 0.15) is 85.5 Å². The number of hydrogen-bond donors (Lipinski definition) is 1. The molecule has 9 unspecified atom stereocenters. The van der Waals surface area contributed by atoms with Gasteiger partial charge in [-0.2, -0.15) is 0 Å². The Balaban J connectivity index is 1.53. The second kappa shape index (κ2) is 8.03. The Kier molecular flexibility index (Phi) is 5.93. The van der Waals surface area contributed by atoms with Gasteiger partial charge in [-0.1, -0.05) is 57.6 Å². The highest BCUT2D eigenvalue weighted by Crippen LogP contribution is 2.67. The van der Waals surface area contributed by atoms with Crippen molar-refractivity contribution in [3.63, 3.8) is 0 Å². The molecule has 1 heteroatoms. The van der Waals surface area contributed by atoms with Crippen LogP contribution < -0.4 is 0 Å². The average molecular weight is 397 g/mol. The first kappa shape index (κ1) is 21.4. The van der Waals surface area contributed by atoms with E-state index < -0.39 is 0 Å². The molecule has 9 atom stereocenters. The third kappa shape index (κ3) is 3.50. The quantitative estimate of drug-likeness (QED) is 0.482. The van der Waals surface area contributed by atoms with Gasteiger partial charge in [-0.25, -0.2) is 0 Å². The van der Waals surface area contributed by atoms with E-state index in [9.17, 15) is 5.11 Å². The minimum atomic E-state index is -0.0919. The zero-order valence-electron chi connectivity index (χ0n) is 19.4. The van der Waals surface area contributed by atoms with Crippen LogP contribution >= 0.6 is 0 Å². The third-order valence-corrected chi connectivity index (χ3v) is 10.2. The lowest BCUT2D eigenvalue weighted by Gasteiger charge is -2.58. The highest BCUT2D eigenvalue weighted by molar-refractivity contribution is 5.25. The predicted molar refractivity (Wildman–Crippen MR) is 123 cm³/mol. The summed E-state index contributed by atoms with van der Waals surface area (Å²) in [6, 6.07) is 0. The molecule has 3 fully saturated rings. The molecule has 29 heavy (non-hydrogen) atoms. The summed E-state index contributed by atoms with van der Waals surface area (Å²) in [4.78, 5) is 0. The molecule has 0 aromatic rings. The first-order chi connectivity index (χ1) is 13.8. The normalized spacial score (nSPS) is 46.4. The van der Waals surface area contributed by atoms with E-state index in [-0.39, 0.29) is 6.10 Å². The Morgan fingerprint density at radius 1 is 1.14 bits per heavy atom. The van der Waals surface area contributed by atoms with Crippen LogP contribution in [-0.4, -0.2) is 11.2 Å². The minimum Gasteiger partial charge on any atom is -0.393 e. The molecule has 0 heterocycles. The van der Waals surface area contributed by atoms with Crippen LogP contribution in [0.4, 0.5) is 0 Å². The van der Waals surface area contributed by atoms with Crippen LogP contribution in [0.2, 0.25) is 0 Å². The molecule has 0 aromatic heterocycles. The van der Waals surface area contributed by atoms with Gasteiger partial charge in [0.2, 0.25) is 0 Å². The minimum absolute atomic E-state index is 0.0919. The molecule has 0 spiro atoms. The predicted octanol–water partition coefficient (Wildman–Crippen LogP) is 7.33.